The van der Waals surface area contributed by atoms with E-state index in [-0.39, 0.29) is 17.4 Å². The minimum Gasteiger partial charge on any atom is -0.493 e. The molecule has 0 fully saturated rings. The number of anilines is 2. The van der Waals surface area contributed by atoms with Crippen LogP contribution in [-0.4, -0.2) is 34.6 Å². The normalized spacial score (nSPS) is 11.8. The van der Waals surface area contributed by atoms with Crippen LogP contribution in [0.5, 0.6) is 5.75 Å². The molecular formula is C36H31FN4O4S2. The zero-order valence-corrected chi connectivity index (χ0v) is 27.2. The maximum atomic E-state index is 13.5. The molecule has 0 aliphatic carbocycles. The van der Waals surface area contributed by atoms with Gasteiger partial charge in [0.05, 0.1) is 17.6 Å². The van der Waals surface area contributed by atoms with Crippen molar-refractivity contribution in [2.24, 2.45) is 0 Å². The molecule has 3 amide bonds. The molecule has 238 valence electrons. The Kier molecular flexibility index (Phi) is 11.2. The van der Waals surface area contributed by atoms with Gasteiger partial charge in [-0.2, -0.15) is 0 Å². The number of thioether (sulfide) groups is 1. The molecule has 3 N–H and O–H groups in total. The smallest absolute Gasteiger partial charge is 0.272 e. The van der Waals surface area contributed by atoms with Crippen molar-refractivity contribution >= 4 is 57.7 Å². The minimum absolute atomic E-state index is 0.0412. The highest BCUT2D eigenvalue weighted by Crippen LogP contribution is 2.29. The first-order chi connectivity index (χ1) is 22.8. The summed E-state index contributed by atoms with van der Waals surface area (Å²) in [4.78, 5) is 44.6. The largest absolute Gasteiger partial charge is 0.493 e. The molecule has 0 aliphatic rings. The van der Waals surface area contributed by atoms with E-state index >= 15 is 0 Å². The van der Waals surface area contributed by atoms with Crippen molar-refractivity contribution in [3.8, 4) is 17.0 Å². The number of amides is 3. The SMILES string of the molecule is CCOc1ccccc1/C=C(\NC(=O)c1ccccc1)C(=O)Nc1ccc(SC(C)C(=O)Nc2nc(-c3ccc(F)cc3)cs2)cc1. The lowest BCUT2D eigenvalue weighted by atomic mass is 10.1. The number of hydrogen-bond acceptors (Lipinski definition) is 7. The van der Waals surface area contributed by atoms with Gasteiger partial charge in [0, 0.05) is 32.7 Å². The Labute approximate surface area is 280 Å². The quantitative estimate of drug-likeness (QED) is 0.0924. The van der Waals surface area contributed by atoms with E-state index in [9.17, 15) is 18.8 Å². The summed E-state index contributed by atoms with van der Waals surface area (Å²) in [6.07, 6.45) is 1.58. The van der Waals surface area contributed by atoms with Crippen LogP contribution in [0.4, 0.5) is 15.2 Å². The number of ether oxygens (including phenoxy) is 1. The van der Waals surface area contributed by atoms with Crippen LogP contribution in [0, 0.1) is 5.82 Å². The number of carbonyl (C=O) groups excluding carboxylic acids is 3. The lowest BCUT2D eigenvalue weighted by molar-refractivity contribution is -0.115. The van der Waals surface area contributed by atoms with Crippen LogP contribution >= 0.6 is 23.1 Å². The summed E-state index contributed by atoms with van der Waals surface area (Å²) < 4.78 is 19.0. The molecule has 5 aromatic rings. The Balaban J connectivity index is 1.23. The molecule has 11 heteroatoms. The van der Waals surface area contributed by atoms with Gasteiger partial charge >= 0.3 is 0 Å². The average molecular weight is 667 g/mol. The number of carbonyl (C=O) groups is 3. The molecule has 1 aromatic heterocycles. The first-order valence-electron chi connectivity index (χ1n) is 14.7. The third-order valence-corrected chi connectivity index (χ3v) is 8.59. The molecule has 8 nitrogen and oxygen atoms in total. The molecule has 0 saturated heterocycles. The summed E-state index contributed by atoms with van der Waals surface area (Å²) >= 11 is 2.64. The molecule has 47 heavy (non-hydrogen) atoms. The Bertz CT molecular complexity index is 1880. The number of aromatic nitrogens is 1. The first-order valence-corrected chi connectivity index (χ1v) is 16.5. The number of benzene rings is 4. The highest BCUT2D eigenvalue weighted by atomic mass is 32.2. The van der Waals surface area contributed by atoms with Crippen LogP contribution in [0.2, 0.25) is 0 Å². The van der Waals surface area contributed by atoms with Crippen LogP contribution in [0.25, 0.3) is 17.3 Å². The van der Waals surface area contributed by atoms with E-state index in [1.807, 2.05) is 19.1 Å². The Morgan fingerprint density at radius 1 is 0.915 bits per heavy atom. The number of hydrogen-bond donors (Lipinski definition) is 3. The van der Waals surface area contributed by atoms with Crippen molar-refractivity contribution in [2.75, 3.05) is 17.2 Å². The Morgan fingerprint density at radius 3 is 2.34 bits per heavy atom. The number of para-hydroxylation sites is 1. The highest BCUT2D eigenvalue weighted by molar-refractivity contribution is 8.00. The predicted octanol–water partition coefficient (Wildman–Crippen LogP) is 7.88. The molecule has 1 atom stereocenters. The van der Waals surface area contributed by atoms with E-state index in [0.29, 0.717) is 40.0 Å². The van der Waals surface area contributed by atoms with Crippen molar-refractivity contribution in [3.63, 3.8) is 0 Å². The molecule has 0 bridgehead atoms. The summed E-state index contributed by atoms with van der Waals surface area (Å²) in [6, 6.07) is 29.0. The fourth-order valence-corrected chi connectivity index (χ4v) is 5.94. The van der Waals surface area contributed by atoms with Gasteiger partial charge in [0.25, 0.3) is 11.8 Å². The van der Waals surface area contributed by atoms with E-state index < -0.39 is 17.1 Å². The highest BCUT2D eigenvalue weighted by Gasteiger charge is 2.18. The molecule has 0 spiro atoms. The average Bonchev–Trinajstić information content (AvgIpc) is 3.55. The van der Waals surface area contributed by atoms with Gasteiger partial charge in [0.1, 0.15) is 17.3 Å². The minimum atomic E-state index is -0.516. The predicted molar refractivity (Wildman–Crippen MR) is 186 cm³/mol. The fourth-order valence-electron chi connectivity index (χ4n) is 4.35. The molecule has 5 rings (SSSR count). The zero-order valence-electron chi connectivity index (χ0n) is 25.5. The number of nitrogens with one attached hydrogen (secondary N) is 3. The van der Waals surface area contributed by atoms with Gasteiger partial charge in [-0.25, -0.2) is 9.37 Å². The van der Waals surface area contributed by atoms with Gasteiger partial charge in [-0.15, -0.1) is 23.1 Å². The Morgan fingerprint density at radius 2 is 1.62 bits per heavy atom. The van der Waals surface area contributed by atoms with Gasteiger partial charge in [-0.05, 0) is 86.7 Å². The number of thiazole rings is 1. The lowest BCUT2D eigenvalue weighted by Gasteiger charge is -2.14. The second-order valence-corrected chi connectivity index (χ2v) is 12.4. The number of rotatable bonds is 12. The van der Waals surface area contributed by atoms with Gasteiger partial charge in [0.15, 0.2) is 5.13 Å². The van der Waals surface area contributed by atoms with Crippen molar-refractivity contribution in [3.05, 3.63) is 131 Å². The molecule has 1 heterocycles. The Hall–Kier alpha value is -5.26. The molecule has 0 aliphatic heterocycles. The van der Waals surface area contributed by atoms with Gasteiger partial charge in [-0.3, -0.25) is 14.4 Å². The zero-order chi connectivity index (χ0) is 33.2. The van der Waals surface area contributed by atoms with Crippen molar-refractivity contribution in [2.45, 2.75) is 24.0 Å². The third-order valence-electron chi connectivity index (χ3n) is 6.72. The van der Waals surface area contributed by atoms with E-state index in [0.717, 1.165) is 10.5 Å². The van der Waals surface area contributed by atoms with Gasteiger partial charge in [-0.1, -0.05) is 36.4 Å². The molecule has 0 saturated carbocycles. The van der Waals surface area contributed by atoms with Gasteiger partial charge in [0.2, 0.25) is 5.91 Å². The standard InChI is InChI=1S/C36H31FN4O4S2/c1-3-45-32-12-8-7-11-26(32)21-30(39-34(43)25-9-5-4-6-10-25)35(44)38-28-17-19-29(20-18-28)47-23(2)33(42)41-36-40-31(22-46-36)24-13-15-27(37)16-14-24/h4-23H,3H2,1-2H3,(H,38,44)(H,39,43)(H,40,41,42)/b30-21-. The summed E-state index contributed by atoms with van der Waals surface area (Å²) in [7, 11) is 0. The van der Waals surface area contributed by atoms with Crippen LogP contribution < -0.4 is 20.7 Å². The van der Waals surface area contributed by atoms with Crippen LogP contribution in [-0.2, 0) is 9.59 Å². The second kappa shape index (κ2) is 15.8. The molecular weight excluding hydrogens is 636 g/mol. The molecule has 4 aromatic carbocycles. The van der Waals surface area contributed by atoms with E-state index in [1.54, 1.807) is 97.2 Å². The van der Waals surface area contributed by atoms with Crippen molar-refractivity contribution in [1.82, 2.24) is 10.3 Å². The second-order valence-electron chi connectivity index (χ2n) is 10.1. The summed E-state index contributed by atoms with van der Waals surface area (Å²) in [5.74, 6) is -0.908. The van der Waals surface area contributed by atoms with Gasteiger partial charge < -0.3 is 20.7 Å². The maximum Gasteiger partial charge on any atom is 0.272 e. The van der Waals surface area contributed by atoms with E-state index in [2.05, 4.69) is 20.9 Å². The van der Waals surface area contributed by atoms with Crippen molar-refractivity contribution < 1.29 is 23.5 Å². The van der Waals surface area contributed by atoms with Crippen LogP contribution in [0.3, 0.4) is 0 Å². The molecule has 1 unspecified atom stereocenters. The summed E-state index contributed by atoms with van der Waals surface area (Å²) in [5, 5.41) is 10.2. The van der Waals surface area contributed by atoms with Crippen LogP contribution in [0.1, 0.15) is 29.8 Å². The number of halogens is 1. The van der Waals surface area contributed by atoms with E-state index in [1.165, 1.54) is 35.2 Å². The topological polar surface area (TPSA) is 109 Å². The van der Waals surface area contributed by atoms with Crippen LogP contribution in [0.15, 0.2) is 119 Å². The monoisotopic (exact) mass is 666 g/mol. The molecule has 0 radical (unpaired) electrons. The summed E-state index contributed by atoms with van der Waals surface area (Å²) in [6.45, 7) is 4.10. The summed E-state index contributed by atoms with van der Waals surface area (Å²) in [5.41, 5.74) is 3.00. The lowest BCUT2D eigenvalue weighted by Crippen LogP contribution is -2.30. The van der Waals surface area contributed by atoms with Crippen molar-refractivity contribution in [1.29, 1.82) is 0 Å². The van der Waals surface area contributed by atoms with E-state index in [4.69, 9.17) is 4.74 Å². The fraction of sp³-hybridized carbons (Fsp3) is 0.111. The third kappa shape index (κ3) is 9.15. The number of nitrogens with zero attached hydrogens (tertiary/aromatic N) is 1. The maximum absolute atomic E-state index is 13.5. The first kappa shape index (κ1) is 33.1.